The summed E-state index contributed by atoms with van der Waals surface area (Å²) in [6.07, 6.45) is 0.186. The highest BCUT2D eigenvalue weighted by molar-refractivity contribution is 5.77. The summed E-state index contributed by atoms with van der Waals surface area (Å²) in [6, 6.07) is 14.7. The topological polar surface area (TPSA) is 95.0 Å². The first-order valence-corrected chi connectivity index (χ1v) is 8.78. The Labute approximate surface area is 154 Å². The molecule has 0 saturated carbocycles. The van der Waals surface area contributed by atoms with Gasteiger partial charge in [0.15, 0.2) is 5.58 Å². The molecule has 8 nitrogen and oxygen atoms in total. The van der Waals surface area contributed by atoms with Crippen LogP contribution in [0, 0.1) is 0 Å². The maximum atomic E-state index is 12.3. The number of amides is 1. The number of nitrogens with zero attached hydrogens (tertiary/aromatic N) is 4. The monoisotopic (exact) mass is 365 g/mol. The zero-order valence-corrected chi connectivity index (χ0v) is 14.8. The van der Waals surface area contributed by atoms with Crippen LogP contribution in [0.1, 0.15) is 13.3 Å². The third-order valence-corrected chi connectivity index (χ3v) is 4.41. The van der Waals surface area contributed by atoms with Crippen molar-refractivity contribution in [1.82, 2.24) is 24.9 Å². The number of benzene rings is 2. The SMILES string of the molecule is C[C@H](Cn1nnc2ccccc21)NC(=O)CCn1c(=O)oc2ccccc21. The van der Waals surface area contributed by atoms with E-state index in [0.717, 1.165) is 11.0 Å². The number of hydrogen-bond donors (Lipinski definition) is 1. The molecule has 138 valence electrons. The Morgan fingerprint density at radius 1 is 1.15 bits per heavy atom. The van der Waals surface area contributed by atoms with Gasteiger partial charge in [0, 0.05) is 19.0 Å². The summed E-state index contributed by atoms with van der Waals surface area (Å²) in [7, 11) is 0. The van der Waals surface area contributed by atoms with E-state index in [1.54, 1.807) is 22.9 Å². The second kappa shape index (κ2) is 7.06. The first kappa shape index (κ1) is 17.0. The maximum absolute atomic E-state index is 12.3. The molecule has 0 spiro atoms. The van der Waals surface area contributed by atoms with Crippen molar-refractivity contribution in [3.63, 3.8) is 0 Å². The van der Waals surface area contributed by atoms with Crippen LogP contribution < -0.4 is 11.1 Å². The Morgan fingerprint density at radius 2 is 1.89 bits per heavy atom. The van der Waals surface area contributed by atoms with Gasteiger partial charge in [-0.3, -0.25) is 9.36 Å². The Kier molecular flexibility index (Phi) is 4.45. The molecule has 1 amide bonds. The van der Waals surface area contributed by atoms with E-state index < -0.39 is 5.76 Å². The van der Waals surface area contributed by atoms with Gasteiger partial charge in [-0.25, -0.2) is 9.48 Å². The van der Waals surface area contributed by atoms with E-state index in [2.05, 4.69) is 15.6 Å². The van der Waals surface area contributed by atoms with Crippen LogP contribution in [0.3, 0.4) is 0 Å². The summed E-state index contributed by atoms with van der Waals surface area (Å²) in [5.74, 6) is -0.588. The molecular weight excluding hydrogens is 346 g/mol. The molecule has 2 heterocycles. The Bertz CT molecular complexity index is 1160. The van der Waals surface area contributed by atoms with Gasteiger partial charge in [0.25, 0.3) is 0 Å². The van der Waals surface area contributed by atoms with Gasteiger partial charge >= 0.3 is 5.76 Å². The van der Waals surface area contributed by atoms with E-state index in [1.807, 2.05) is 37.3 Å². The molecule has 4 aromatic rings. The number of hydrogen-bond acceptors (Lipinski definition) is 5. The van der Waals surface area contributed by atoms with Crippen molar-refractivity contribution < 1.29 is 9.21 Å². The standard InChI is InChI=1S/C19H19N5O3/c1-13(12-24-15-7-3-2-6-14(15)21-22-24)20-18(25)10-11-23-16-8-4-5-9-17(16)27-19(23)26/h2-9,13H,10-12H2,1H3,(H,20,25)/t13-/m1/s1. The van der Waals surface area contributed by atoms with Gasteiger partial charge in [0.2, 0.25) is 5.91 Å². The third-order valence-electron chi connectivity index (χ3n) is 4.41. The van der Waals surface area contributed by atoms with Crippen molar-refractivity contribution in [2.45, 2.75) is 32.5 Å². The first-order valence-electron chi connectivity index (χ1n) is 8.78. The van der Waals surface area contributed by atoms with E-state index in [4.69, 9.17) is 4.42 Å². The lowest BCUT2D eigenvalue weighted by Crippen LogP contribution is -2.36. The lowest BCUT2D eigenvalue weighted by atomic mass is 10.2. The Morgan fingerprint density at radius 3 is 2.74 bits per heavy atom. The van der Waals surface area contributed by atoms with Crippen molar-refractivity contribution in [2.24, 2.45) is 0 Å². The maximum Gasteiger partial charge on any atom is 0.419 e. The van der Waals surface area contributed by atoms with Gasteiger partial charge in [-0.1, -0.05) is 29.5 Å². The predicted molar refractivity (Wildman–Crippen MR) is 100 cm³/mol. The highest BCUT2D eigenvalue weighted by atomic mass is 16.4. The minimum atomic E-state index is -0.453. The minimum Gasteiger partial charge on any atom is -0.408 e. The van der Waals surface area contributed by atoms with Crippen molar-refractivity contribution in [3.8, 4) is 0 Å². The summed E-state index contributed by atoms with van der Waals surface area (Å²) in [6.45, 7) is 2.69. The second-order valence-electron chi connectivity index (χ2n) is 6.47. The van der Waals surface area contributed by atoms with Crippen LogP contribution in [0.25, 0.3) is 22.1 Å². The molecule has 0 bridgehead atoms. The number of para-hydroxylation sites is 3. The highest BCUT2D eigenvalue weighted by Crippen LogP contribution is 2.12. The number of rotatable bonds is 6. The number of aromatic nitrogens is 4. The summed E-state index contributed by atoms with van der Waals surface area (Å²) in [5, 5.41) is 11.2. The zero-order valence-electron chi connectivity index (χ0n) is 14.8. The van der Waals surface area contributed by atoms with E-state index in [9.17, 15) is 9.59 Å². The second-order valence-corrected chi connectivity index (χ2v) is 6.47. The van der Waals surface area contributed by atoms with E-state index in [0.29, 0.717) is 17.6 Å². The van der Waals surface area contributed by atoms with Crippen molar-refractivity contribution in [3.05, 3.63) is 59.1 Å². The number of carbonyl (C=O) groups is 1. The van der Waals surface area contributed by atoms with E-state index >= 15 is 0 Å². The third kappa shape index (κ3) is 3.46. The lowest BCUT2D eigenvalue weighted by Gasteiger charge is -2.14. The van der Waals surface area contributed by atoms with Crippen molar-refractivity contribution in [1.29, 1.82) is 0 Å². The fourth-order valence-corrected chi connectivity index (χ4v) is 3.14. The van der Waals surface area contributed by atoms with Crippen LogP contribution in [0.15, 0.2) is 57.7 Å². The van der Waals surface area contributed by atoms with E-state index in [-0.39, 0.29) is 24.9 Å². The fourth-order valence-electron chi connectivity index (χ4n) is 3.14. The molecule has 1 atom stereocenters. The number of fused-ring (bicyclic) bond motifs is 2. The molecule has 27 heavy (non-hydrogen) atoms. The van der Waals surface area contributed by atoms with Gasteiger partial charge in [-0.05, 0) is 31.2 Å². The molecule has 0 aliphatic rings. The molecule has 0 aliphatic carbocycles. The molecule has 0 radical (unpaired) electrons. The molecule has 8 heteroatoms. The number of nitrogens with one attached hydrogen (secondary N) is 1. The number of oxazole rings is 1. The zero-order chi connectivity index (χ0) is 18.8. The van der Waals surface area contributed by atoms with Gasteiger partial charge in [0.1, 0.15) is 5.52 Å². The Hall–Kier alpha value is -3.42. The first-order chi connectivity index (χ1) is 13.1. The average Bonchev–Trinajstić information content (AvgIpc) is 3.20. The lowest BCUT2D eigenvalue weighted by molar-refractivity contribution is -0.122. The number of aryl methyl sites for hydroxylation is 1. The van der Waals surface area contributed by atoms with E-state index in [1.165, 1.54) is 4.57 Å². The van der Waals surface area contributed by atoms with Gasteiger partial charge < -0.3 is 9.73 Å². The van der Waals surface area contributed by atoms with Crippen LogP contribution >= 0.6 is 0 Å². The predicted octanol–water partition coefficient (Wildman–Crippen LogP) is 1.93. The van der Waals surface area contributed by atoms with Crippen LogP contribution in [-0.2, 0) is 17.9 Å². The average molecular weight is 365 g/mol. The largest absolute Gasteiger partial charge is 0.419 e. The highest BCUT2D eigenvalue weighted by Gasteiger charge is 2.13. The molecule has 0 fully saturated rings. The molecule has 1 N–H and O–H groups in total. The molecule has 0 aliphatic heterocycles. The Balaban J connectivity index is 1.37. The molecule has 2 aromatic carbocycles. The number of carbonyl (C=O) groups excluding carboxylic acids is 1. The smallest absolute Gasteiger partial charge is 0.408 e. The van der Waals surface area contributed by atoms with Gasteiger partial charge in [-0.2, -0.15) is 0 Å². The molecule has 4 rings (SSSR count). The summed E-state index contributed by atoms with van der Waals surface area (Å²) in [4.78, 5) is 24.2. The molecular formula is C19H19N5O3. The van der Waals surface area contributed by atoms with Gasteiger partial charge in [0.05, 0.1) is 17.6 Å². The summed E-state index contributed by atoms with van der Waals surface area (Å²) in [5.41, 5.74) is 2.96. The molecule has 2 aromatic heterocycles. The van der Waals surface area contributed by atoms with Crippen LogP contribution in [0.5, 0.6) is 0 Å². The quantitative estimate of drug-likeness (QED) is 0.563. The van der Waals surface area contributed by atoms with Crippen LogP contribution in [-0.4, -0.2) is 31.5 Å². The van der Waals surface area contributed by atoms with Crippen LogP contribution in [0.4, 0.5) is 0 Å². The minimum absolute atomic E-state index is 0.125. The molecule has 0 unspecified atom stereocenters. The fraction of sp³-hybridized carbons (Fsp3) is 0.263. The molecule has 0 saturated heterocycles. The van der Waals surface area contributed by atoms with Crippen molar-refractivity contribution >= 4 is 28.0 Å². The normalized spacial score (nSPS) is 12.5. The summed E-state index contributed by atoms with van der Waals surface area (Å²) < 4.78 is 8.43. The summed E-state index contributed by atoms with van der Waals surface area (Å²) >= 11 is 0. The van der Waals surface area contributed by atoms with Gasteiger partial charge in [-0.15, -0.1) is 5.10 Å². The van der Waals surface area contributed by atoms with Crippen LogP contribution in [0.2, 0.25) is 0 Å². The van der Waals surface area contributed by atoms with Crippen molar-refractivity contribution in [2.75, 3.05) is 0 Å².